The van der Waals surface area contributed by atoms with Crippen molar-refractivity contribution in [3.8, 4) is 0 Å². The minimum atomic E-state index is -0.808. The molecule has 0 spiro atoms. The smallest absolute Gasteiger partial charge is 0.408 e. The Morgan fingerprint density at radius 1 is 1.20 bits per heavy atom. The van der Waals surface area contributed by atoms with Gasteiger partial charge in [0, 0.05) is 26.2 Å². The van der Waals surface area contributed by atoms with Crippen LogP contribution < -0.4 is 10.2 Å². The van der Waals surface area contributed by atoms with E-state index in [0.717, 1.165) is 11.3 Å². The molecule has 0 aromatic heterocycles. The monoisotopic (exact) mass is 462 g/mol. The number of carbonyl (C=O) groups excluding carboxylic acids is 2. The van der Waals surface area contributed by atoms with E-state index in [1.807, 2.05) is 65.9 Å². The molecule has 0 aliphatic heterocycles. The molecule has 0 radical (unpaired) electrons. The number of carbonyl (C=O) groups is 2. The number of halogens is 1. The van der Waals surface area contributed by atoms with Gasteiger partial charge in [0.1, 0.15) is 15.8 Å². The van der Waals surface area contributed by atoms with E-state index in [9.17, 15) is 9.59 Å². The van der Waals surface area contributed by atoms with E-state index in [2.05, 4.69) is 5.32 Å². The summed E-state index contributed by atoms with van der Waals surface area (Å²) in [5.74, 6) is -0.482. The second-order valence-electron chi connectivity index (χ2n) is 6.94. The average Bonchev–Trinajstić information content (AvgIpc) is 2.44. The van der Waals surface area contributed by atoms with Gasteiger partial charge in [0.25, 0.3) is 0 Å². The lowest BCUT2D eigenvalue weighted by molar-refractivity contribution is -0.146. The van der Waals surface area contributed by atoms with Crippen LogP contribution in [0.3, 0.4) is 0 Å². The Morgan fingerprint density at radius 3 is 2.20 bits per heavy atom. The molecular weight excluding hydrogens is 435 g/mol. The van der Waals surface area contributed by atoms with Gasteiger partial charge in [-0.25, -0.2) is 9.59 Å². The molecule has 1 rings (SSSR count). The van der Waals surface area contributed by atoms with Crippen molar-refractivity contribution in [1.82, 2.24) is 5.32 Å². The third-order valence-electron chi connectivity index (χ3n) is 3.15. The number of rotatable bonds is 6. The third kappa shape index (κ3) is 8.42. The Kier molecular flexibility index (Phi) is 7.98. The second-order valence-corrected chi connectivity index (χ2v) is 8.70. The van der Waals surface area contributed by atoms with Crippen LogP contribution in [0.4, 0.5) is 10.5 Å². The van der Waals surface area contributed by atoms with Gasteiger partial charge in [0.2, 0.25) is 0 Å². The number of amides is 1. The van der Waals surface area contributed by atoms with Crippen molar-refractivity contribution in [3.05, 3.63) is 29.8 Å². The first-order valence-electron chi connectivity index (χ1n) is 8.08. The van der Waals surface area contributed by atoms with E-state index in [1.165, 1.54) is 0 Å². The van der Waals surface area contributed by atoms with Gasteiger partial charge >= 0.3 is 12.1 Å². The van der Waals surface area contributed by atoms with Gasteiger partial charge in [-0.2, -0.15) is 0 Å². The van der Waals surface area contributed by atoms with E-state index in [4.69, 9.17) is 9.47 Å². The summed E-state index contributed by atoms with van der Waals surface area (Å²) in [7, 11) is 3.92. The number of ether oxygens (including phenoxy) is 2. The molecule has 1 amide bonds. The molecule has 0 aliphatic carbocycles. The van der Waals surface area contributed by atoms with Crippen molar-refractivity contribution < 1.29 is 19.1 Å². The van der Waals surface area contributed by atoms with Crippen molar-refractivity contribution in [2.45, 2.75) is 49.9 Å². The highest BCUT2D eigenvalue weighted by atomic mass is 127. The van der Waals surface area contributed by atoms with E-state index in [-0.39, 0.29) is 4.11 Å². The third-order valence-corrected chi connectivity index (χ3v) is 3.40. The van der Waals surface area contributed by atoms with Crippen LogP contribution in [0.15, 0.2) is 24.3 Å². The zero-order chi connectivity index (χ0) is 19.2. The summed E-state index contributed by atoms with van der Waals surface area (Å²) in [5, 5.41) is 2.62. The molecular formula is C18H27IN2O4. The topological polar surface area (TPSA) is 67.9 Å². The maximum absolute atomic E-state index is 12.3. The van der Waals surface area contributed by atoms with Crippen molar-refractivity contribution in [2.75, 3.05) is 19.0 Å². The fourth-order valence-corrected chi connectivity index (χ4v) is 2.30. The highest BCUT2D eigenvalue weighted by molar-refractivity contribution is 14.1. The first kappa shape index (κ1) is 21.5. The Labute approximate surface area is 163 Å². The molecule has 140 valence electrons. The first-order chi connectivity index (χ1) is 11.5. The number of alkyl carbamates (subject to hydrolysis) is 1. The number of nitrogens with one attached hydrogen (secondary N) is 1. The fraction of sp³-hybridized carbons (Fsp3) is 0.556. The summed E-state index contributed by atoms with van der Waals surface area (Å²) in [5.41, 5.74) is 1.34. The number of benzene rings is 1. The molecule has 0 heterocycles. The largest absolute Gasteiger partial charge is 0.450 e. The van der Waals surface area contributed by atoms with Crippen molar-refractivity contribution in [2.24, 2.45) is 0 Å². The fourth-order valence-electron chi connectivity index (χ4n) is 2.05. The number of anilines is 1. The summed E-state index contributed by atoms with van der Waals surface area (Å²) in [4.78, 5) is 26.4. The average molecular weight is 462 g/mol. The van der Waals surface area contributed by atoms with E-state index in [0.29, 0.717) is 6.42 Å². The number of esters is 1. The Balaban J connectivity index is 2.86. The summed E-state index contributed by atoms with van der Waals surface area (Å²) in [6, 6.07) is 6.98. The lowest BCUT2D eigenvalue weighted by atomic mass is 10.1. The number of alkyl halides is 1. The quantitative estimate of drug-likeness (QED) is 0.398. The standard InChI is InChI=1S/C18H27IN2O4/c1-12(19)24-16(22)15(20-17(23)25-18(2,3)4)11-13-7-9-14(10-8-13)21(5)6/h7-10,12,15H,11H2,1-6H3,(H,20,23)/t12?,15-/m1/s1. The van der Waals surface area contributed by atoms with Crippen molar-refractivity contribution in [3.63, 3.8) is 0 Å². The predicted octanol–water partition coefficient (Wildman–Crippen LogP) is 3.51. The van der Waals surface area contributed by atoms with Crippen molar-refractivity contribution in [1.29, 1.82) is 0 Å². The normalized spacial score (nSPS) is 13.6. The number of hydrogen-bond donors (Lipinski definition) is 1. The molecule has 0 saturated carbocycles. The van der Waals surface area contributed by atoms with Gasteiger partial charge in [0.15, 0.2) is 0 Å². The molecule has 1 aromatic rings. The molecule has 6 nitrogen and oxygen atoms in total. The SMILES string of the molecule is CC(I)OC(=O)[C@@H](Cc1ccc(N(C)C)cc1)NC(=O)OC(C)(C)C. The zero-order valence-corrected chi connectivity index (χ0v) is 17.8. The summed E-state index contributed by atoms with van der Waals surface area (Å²) < 4.78 is 10.2. The summed E-state index contributed by atoms with van der Waals surface area (Å²) >= 11 is 2.00. The zero-order valence-electron chi connectivity index (χ0n) is 15.6. The highest BCUT2D eigenvalue weighted by Crippen LogP contribution is 2.15. The Bertz CT molecular complexity index is 580. The van der Waals surface area contributed by atoms with Crippen LogP contribution in [0.1, 0.15) is 33.3 Å². The highest BCUT2D eigenvalue weighted by Gasteiger charge is 2.26. The second kappa shape index (κ2) is 9.26. The molecule has 2 atom stereocenters. The van der Waals surface area contributed by atoms with Gasteiger partial charge in [-0.15, -0.1) is 0 Å². The molecule has 0 saturated heterocycles. The Morgan fingerprint density at radius 2 is 1.76 bits per heavy atom. The predicted molar refractivity (Wildman–Crippen MR) is 107 cm³/mol. The maximum atomic E-state index is 12.3. The van der Waals surface area contributed by atoms with Gasteiger partial charge in [-0.05, 0) is 68.0 Å². The molecule has 0 fully saturated rings. The molecule has 7 heteroatoms. The lowest BCUT2D eigenvalue weighted by Gasteiger charge is -2.23. The minimum Gasteiger partial charge on any atom is -0.450 e. The molecule has 1 aromatic carbocycles. The van der Waals surface area contributed by atoms with Crippen LogP contribution in [0.2, 0.25) is 0 Å². The van der Waals surface area contributed by atoms with Gasteiger partial charge in [0.05, 0.1) is 0 Å². The van der Waals surface area contributed by atoms with Crippen LogP contribution in [0, 0.1) is 0 Å². The van der Waals surface area contributed by atoms with Crippen LogP contribution in [0.5, 0.6) is 0 Å². The van der Waals surface area contributed by atoms with Gasteiger partial charge < -0.3 is 19.7 Å². The Hall–Kier alpha value is -1.51. The van der Waals surface area contributed by atoms with E-state index < -0.39 is 23.7 Å². The van der Waals surface area contributed by atoms with Gasteiger partial charge in [-0.3, -0.25) is 0 Å². The number of nitrogens with zero attached hydrogens (tertiary/aromatic N) is 1. The first-order valence-corrected chi connectivity index (χ1v) is 9.33. The molecule has 25 heavy (non-hydrogen) atoms. The van der Waals surface area contributed by atoms with E-state index >= 15 is 0 Å². The van der Waals surface area contributed by atoms with Crippen LogP contribution in [-0.4, -0.2) is 41.9 Å². The molecule has 1 N–H and O–H groups in total. The van der Waals surface area contributed by atoms with Crippen LogP contribution in [-0.2, 0) is 20.7 Å². The van der Waals surface area contributed by atoms with Gasteiger partial charge in [-0.1, -0.05) is 12.1 Å². The van der Waals surface area contributed by atoms with Crippen LogP contribution >= 0.6 is 22.6 Å². The van der Waals surface area contributed by atoms with Crippen molar-refractivity contribution >= 4 is 40.3 Å². The lowest BCUT2D eigenvalue weighted by Crippen LogP contribution is -2.45. The maximum Gasteiger partial charge on any atom is 0.408 e. The minimum absolute atomic E-state index is 0.288. The molecule has 1 unspecified atom stereocenters. The molecule has 0 aliphatic rings. The van der Waals surface area contributed by atoms with E-state index in [1.54, 1.807) is 27.7 Å². The summed E-state index contributed by atoms with van der Waals surface area (Å²) in [6.07, 6.45) is -0.310. The van der Waals surface area contributed by atoms with Crippen LogP contribution in [0.25, 0.3) is 0 Å². The molecule has 0 bridgehead atoms. The number of hydrogen-bond acceptors (Lipinski definition) is 5. The summed E-state index contributed by atoms with van der Waals surface area (Å²) in [6.45, 7) is 7.07.